The Kier molecular flexibility index (Phi) is 6.65. The number of hydrogen-bond donors (Lipinski definition) is 2. The number of halogens is 2. The van der Waals surface area contributed by atoms with Crippen molar-refractivity contribution < 1.29 is 9.59 Å². The molecule has 11 heteroatoms. The maximum absolute atomic E-state index is 12.2. The number of rotatable bonds is 6. The van der Waals surface area contributed by atoms with Crippen molar-refractivity contribution in [3.05, 3.63) is 52.0 Å². The maximum atomic E-state index is 12.2. The zero-order chi connectivity index (χ0) is 20.1. The third-order valence-electron chi connectivity index (χ3n) is 3.39. The van der Waals surface area contributed by atoms with Crippen molar-refractivity contribution >= 4 is 62.5 Å². The highest BCUT2D eigenvalue weighted by Crippen LogP contribution is 2.26. The van der Waals surface area contributed by atoms with E-state index in [0.717, 1.165) is 4.47 Å². The first-order chi connectivity index (χ1) is 13.4. The van der Waals surface area contributed by atoms with Gasteiger partial charge in [0.2, 0.25) is 17.0 Å². The van der Waals surface area contributed by atoms with Crippen LogP contribution in [-0.2, 0) is 9.59 Å². The van der Waals surface area contributed by atoms with Gasteiger partial charge in [0.1, 0.15) is 0 Å². The van der Waals surface area contributed by atoms with Crippen LogP contribution in [0.3, 0.4) is 0 Å². The molecule has 2 amide bonds. The quantitative estimate of drug-likeness (QED) is 0.520. The van der Waals surface area contributed by atoms with Gasteiger partial charge in [0.25, 0.3) is 0 Å². The summed E-state index contributed by atoms with van der Waals surface area (Å²) >= 11 is 10.6. The molecule has 1 heterocycles. The zero-order valence-corrected chi connectivity index (χ0v) is 17.7. The lowest BCUT2D eigenvalue weighted by Gasteiger charge is -2.08. The lowest BCUT2D eigenvalue weighted by Crippen LogP contribution is -2.15. The molecule has 144 valence electrons. The van der Waals surface area contributed by atoms with Crippen LogP contribution in [0.1, 0.15) is 6.92 Å². The van der Waals surface area contributed by atoms with Gasteiger partial charge in [-0.3, -0.25) is 9.59 Å². The molecule has 28 heavy (non-hydrogen) atoms. The number of amides is 2. The topological polar surface area (TPSA) is 102 Å². The van der Waals surface area contributed by atoms with Crippen LogP contribution in [0, 0.1) is 0 Å². The maximum Gasteiger partial charge on any atom is 0.234 e. The van der Waals surface area contributed by atoms with Gasteiger partial charge in [0.05, 0.1) is 22.2 Å². The molecule has 0 unspecified atom stereocenters. The van der Waals surface area contributed by atoms with Crippen LogP contribution >= 0.6 is 39.3 Å². The SMILES string of the molecule is CC(=O)Nc1cccc(-n2nnnc2SCC(=O)Nc2ccc(Br)cc2Cl)c1. The molecule has 0 saturated carbocycles. The first-order valence-corrected chi connectivity index (χ1v) is 10.1. The molecule has 0 radical (unpaired) electrons. The number of hydrogen-bond acceptors (Lipinski definition) is 6. The van der Waals surface area contributed by atoms with Crippen LogP contribution in [0.15, 0.2) is 52.1 Å². The third-order valence-corrected chi connectivity index (χ3v) is 5.11. The van der Waals surface area contributed by atoms with Crippen LogP contribution < -0.4 is 10.6 Å². The standard InChI is InChI=1S/C17H14BrClN6O2S/c1-10(26)20-12-3-2-4-13(8-12)25-17(22-23-24-25)28-9-16(27)21-15-6-5-11(18)7-14(15)19/h2-8H,9H2,1H3,(H,20,26)(H,21,27). The Morgan fingerprint density at radius 1 is 1.21 bits per heavy atom. The number of nitrogens with one attached hydrogen (secondary N) is 2. The van der Waals surface area contributed by atoms with Crippen molar-refractivity contribution in [2.45, 2.75) is 12.1 Å². The number of nitrogens with zero attached hydrogens (tertiary/aromatic N) is 4. The highest BCUT2D eigenvalue weighted by Gasteiger charge is 2.13. The molecule has 8 nitrogen and oxygen atoms in total. The van der Waals surface area contributed by atoms with Crippen LogP contribution in [0.25, 0.3) is 5.69 Å². The summed E-state index contributed by atoms with van der Waals surface area (Å²) in [4.78, 5) is 23.5. The Bertz CT molecular complexity index is 1030. The molecule has 1 aromatic heterocycles. The van der Waals surface area contributed by atoms with Gasteiger partial charge in [-0.15, -0.1) is 5.10 Å². The van der Waals surface area contributed by atoms with Crippen molar-refractivity contribution in [3.8, 4) is 5.69 Å². The smallest absolute Gasteiger partial charge is 0.234 e. The van der Waals surface area contributed by atoms with Crippen molar-refractivity contribution in [2.24, 2.45) is 0 Å². The summed E-state index contributed by atoms with van der Waals surface area (Å²) < 4.78 is 2.32. The molecule has 0 saturated heterocycles. The molecule has 3 aromatic rings. The summed E-state index contributed by atoms with van der Waals surface area (Å²) in [7, 11) is 0. The predicted molar refractivity (Wildman–Crippen MR) is 112 cm³/mol. The Hall–Kier alpha value is -2.43. The molecule has 2 aromatic carbocycles. The van der Waals surface area contributed by atoms with Crippen molar-refractivity contribution in [1.82, 2.24) is 20.2 Å². The molecule has 0 bridgehead atoms. The van der Waals surface area contributed by atoms with E-state index >= 15 is 0 Å². The van der Waals surface area contributed by atoms with Gasteiger partial charge in [-0.1, -0.05) is 45.4 Å². The number of aromatic nitrogens is 4. The number of carbonyl (C=O) groups excluding carboxylic acids is 2. The van der Waals surface area contributed by atoms with Gasteiger partial charge in [-0.05, 0) is 46.8 Å². The van der Waals surface area contributed by atoms with Gasteiger partial charge in [0, 0.05) is 17.1 Å². The fraction of sp³-hybridized carbons (Fsp3) is 0.118. The highest BCUT2D eigenvalue weighted by molar-refractivity contribution is 9.10. The molecule has 0 fully saturated rings. The van der Waals surface area contributed by atoms with Crippen molar-refractivity contribution in [1.29, 1.82) is 0 Å². The Morgan fingerprint density at radius 3 is 2.79 bits per heavy atom. The largest absolute Gasteiger partial charge is 0.326 e. The van der Waals surface area contributed by atoms with E-state index in [1.165, 1.54) is 23.4 Å². The van der Waals surface area contributed by atoms with Gasteiger partial charge in [-0.25, -0.2) is 0 Å². The van der Waals surface area contributed by atoms with E-state index < -0.39 is 0 Å². The summed E-state index contributed by atoms with van der Waals surface area (Å²) in [5.74, 6) is -0.319. The van der Waals surface area contributed by atoms with E-state index in [-0.39, 0.29) is 17.6 Å². The summed E-state index contributed by atoms with van der Waals surface area (Å²) in [6.45, 7) is 1.43. The van der Waals surface area contributed by atoms with E-state index in [1.54, 1.807) is 42.5 Å². The molecular formula is C17H14BrClN6O2S. The normalized spacial score (nSPS) is 10.5. The number of anilines is 2. The first-order valence-electron chi connectivity index (χ1n) is 7.96. The summed E-state index contributed by atoms with van der Waals surface area (Å²) in [5.41, 5.74) is 1.81. The minimum Gasteiger partial charge on any atom is -0.326 e. The highest BCUT2D eigenvalue weighted by atomic mass is 79.9. The van der Waals surface area contributed by atoms with Gasteiger partial charge in [0.15, 0.2) is 0 Å². The number of thioether (sulfide) groups is 1. The molecule has 0 spiro atoms. The molecule has 3 rings (SSSR count). The Balaban J connectivity index is 1.67. The summed E-state index contributed by atoms with van der Waals surface area (Å²) in [6, 6.07) is 12.3. The van der Waals surface area contributed by atoms with E-state index in [9.17, 15) is 9.59 Å². The zero-order valence-electron chi connectivity index (χ0n) is 14.5. The van der Waals surface area contributed by atoms with Gasteiger partial charge < -0.3 is 10.6 Å². The molecule has 0 aliphatic heterocycles. The second kappa shape index (κ2) is 9.18. The van der Waals surface area contributed by atoms with Crippen molar-refractivity contribution in [2.75, 3.05) is 16.4 Å². The van der Waals surface area contributed by atoms with Crippen molar-refractivity contribution in [3.63, 3.8) is 0 Å². The van der Waals surface area contributed by atoms with Gasteiger partial charge >= 0.3 is 0 Å². The lowest BCUT2D eigenvalue weighted by molar-refractivity contribution is -0.114. The Labute approximate surface area is 178 Å². The summed E-state index contributed by atoms with van der Waals surface area (Å²) in [5, 5.41) is 17.9. The van der Waals surface area contributed by atoms with Crippen LogP contribution in [0.2, 0.25) is 5.02 Å². The number of benzene rings is 2. The number of carbonyl (C=O) groups is 2. The molecule has 0 aliphatic carbocycles. The average Bonchev–Trinajstić information content (AvgIpc) is 3.11. The molecule has 0 atom stereocenters. The van der Waals surface area contributed by atoms with E-state index in [4.69, 9.17) is 11.6 Å². The van der Waals surface area contributed by atoms with Crippen LogP contribution in [-0.4, -0.2) is 37.8 Å². The van der Waals surface area contributed by atoms with E-state index in [0.29, 0.717) is 27.2 Å². The molecular weight excluding hydrogens is 468 g/mol. The predicted octanol–water partition coefficient (Wildman–Crippen LogP) is 3.77. The van der Waals surface area contributed by atoms with Crippen LogP contribution in [0.5, 0.6) is 0 Å². The van der Waals surface area contributed by atoms with Gasteiger partial charge in [-0.2, -0.15) is 4.68 Å². The molecule has 0 aliphatic rings. The monoisotopic (exact) mass is 480 g/mol. The minimum absolute atomic E-state index is 0.0954. The lowest BCUT2D eigenvalue weighted by atomic mass is 10.3. The fourth-order valence-corrected chi connectivity index (χ4v) is 3.67. The fourth-order valence-electron chi connectivity index (χ4n) is 2.26. The first kappa shape index (κ1) is 20.3. The van der Waals surface area contributed by atoms with E-state index in [1.807, 2.05) is 0 Å². The average molecular weight is 482 g/mol. The Morgan fingerprint density at radius 2 is 2.04 bits per heavy atom. The third kappa shape index (κ3) is 5.31. The number of tetrazole rings is 1. The second-order valence-corrected chi connectivity index (χ2v) is 7.83. The van der Waals surface area contributed by atoms with Crippen LogP contribution in [0.4, 0.5) is 11.4 Å². The summed E-state index contributed by atoms with van der Waals surface area (Å²) in [6.07, 6.45) is 0. The minimum atomic E-state index is -0.240. The molecule has 2 N–H and O–H groups in total. The second-order valence-electron chi connectivity index (χ2n) is 5.57. The van der Waals surface area contributed by atoms with E-state index in [2.05, 4.69) is 42.1 Å².